The molecule has 1 rings (SSSR count). The van der Waals surface area contributed by atoms with Gasteiger partial charge in [-0.1, -0.05) is 18.5 Å². The van der Waals surface area contributed by atoms with Gasteiger partial charge in [-0.25, -0.2) is 0 Å². The minimum Gasteiger partial charge on any atom is -0.388 e. The summed E-state index contributed by atoms with van der Waals surface area (Å²) >= 11 is 5.74. The van der Waals surface area contributed by atoms with Crippen LogP contribution in [-0.2, 0) is 0 Å². The molecule has 1 heterocycles. The summed E-state index contributed by atoms with van der Waals surface area (Å²) < 4.78 is 0. The second kappa shape index (κ2) is 5.27. The minimum absolute atomic E-state index is 0.191. The number of carbonyl (C=O) groups is 1. The fourth-order valence-electron chi connectivity index (χ4n) is 1.02. The fourth-order valence-corrected chi connectivity index (χ4v) is 1.17. The number of hydrogen-bond donors (Lipinski definition) is 2. The Hall–Kier alpha value is -1.13. The van der Waals surface area contributed by atoms with Crippen LogP contribution in [0.3, 0.4) is 0 Å². The van der Waals surface area contributed by atoms with E-state index in [2.05, 4.69) is 10.3 Å². The summed E-state index contributed by atoms with van der Waals surface area (Å²) in [4.78, 5) is 15.5. The minimum atomic E-state index is -0.895. The SMILES string of the molecule is CCC(C)(O)CNC(=O)c1cc(Cl)ccn1. The first-order valence-electron chi connectivity index (χ1n) is 5.07. The molecular formula is C11H15ClN2O2. The maximum absolute atomic E-state index is 11.6. The van der Waals surface area contributed by atoms with Crippen LogP contribution in [-0.4, -0.2) is 28.1 Å². The summed E-state index contributed by atoms with van der Waals surface area (Å²) in [5.41, 5.74) is -0.645. The Labute approximate surface area is 99.6 Å². The Morgan fingerprint density at radius 2 is 2.38 bits per heavy atom. The number of hydrogen-bond acceptors (Lipinski definition) is 3. The zero-order valence-electron chi connectivity index (χ0n) is 9.33. The zero-order chi connectivity index (χ0) is 12.2. The maximum atomic E-state index is 11.6. The van der Waals surface area contributed by atoms with E-state index in [1.165, 1.54) is 12.3 Å². The number of amides is 1. The molecule has 88 valence electrons. The van der Waals surface area contributed by atoms with Crippen molar-refractivity contribution < 1.29 is 9.90 Å². The van der Waals surface area contributed by atoms with Gasteiger partial charge in [-0.2, -0.15) is 0 Å². The van der Waals surface area contributed by atoms with E-state index in [1.54, 1.807) is 13.0 Å². The van der Waals surface area contributed by atoms with Gasteiger partial charge in [0.05, 0.1) is 5.60 Å². The van der Waals surface area contributed by atoms with Gasteiger partial charge in [-0.15, -0.1) is 0 Å². The largest absolute Gasteiger partial charge is 0.388 e. The smallest absolute Gasteiger partial charge is 0.270 e. The van der Waals surface area contributed by atoms with Crippen LogP contribution in [0.5, 0.6) is 0 Å². The predicted octanol–water partition coefficient (Wildman–Crippen LogP) is 1.63. The summed E-state index contributed by atoms with van der Waals surface area (Å²) in [6, 6.07) is 3.08. The summed E-state index contributed by atoms with van der Waals surface area (Å²) in [6.07, 6.45) is 2.03. The van der Waals surface area contributed by atoms with Gasteiger partial charge in [-0.05, 0) is 25.5 Å². The van der Waals surface area contributed by atoms with Crippen LogP contribution in [0.2, 0.25) is 5.02 Å². The Bertz CT molecular complexity index is 380. The summed E-state index contributed by atoms with van der Waals surface area (Å²) in [7, 11) is 0. The number of aromatic nitrogens is 1. The summed E-state index contributed by atoms with van der Waals surface area (Å²) in [6.45, 7) is 3.71. The first-order chi connectivity index (χ1) is 7.44. The molecule has 0 spiro atoms. The van der Waals surface area contributed by atoms with Crippen LogP contribution in [0.4, 0.5) is 0 Å². The first-order valence-corrected chi connectivity index (χ1v) is 5.44. The van der Waals surface area contributed by atoms with Gasteiger partial charge in [0.25, 0.3) is 5.91 Å². The van der Waals surface area contributed by atoms with Gasteiger partial charge in [0.2, 0.25) is 0 Å². The van der Waals surface area contributed by atoms with Gasteiger partial charge >= 0.3 is 0 Å². The molecule has 0 aliphatic heterocycles. The van der Waals surface area contributed by atoms with Crippen LogP contribution >= 0.6 is 11.6 Å². The lowest BCUT2D eigenvalue weighted by molar-refractivity contribution is 0.0517. The average molecular weight is 243 g/mol. The van der Waals surface area contributed by atoms with Crippen molar-refractivity contribution in [2.75, 3.05) is 6.54 Å². The monoisotopic (exact) mass is 242 g/mol. The molecule has 1 atom stereocenters. The molecule has 1 unspecified atom stereocenters. The standard InChI is InChI=1S/C11H15ClN2O2/c1-3-11(2,16)7-14-10(15)9-6-8(12)4-5-13-9/h4-6,16H,3,7H2,1-2H3,(H,14,15). The highest BCUT2D eigenvalue weighted by atomic mass is 35.5. The molecule has 0 aromatic carbocycles. The Kier molecular flexibility index (Phi) is 4.26. The molecule has 0 radical (unpaired) electrons. The van der Waals surface area contributed by atoms with Crippen molar-refractivity contribution in [3.63, 3.8) is 0 Å². The Balaban J connectivity index is 2.60. The molecular weight excluding hydrogens is 228 g/mol. The van der Waals surface area contributed by atoms with Gasteiger partial charge in [0.15, 0.2) is 0 Å². The van der Waals surface area contributed by atoms with Crippen LogP contribution in [0.15, 0.2) is 18.3 Å². The van der Waals surface area contributed by atoms with Crippen LogP contribution < -0.4 is 5.32 Å². The van der Waals surface area contributed by atoms with Crippen molar-refractivity contribution in [2.45, 2.75) is 25.9 Å². The second-order valence-electron chi connectivity index (χ2n) is 3.89. The number of nitrogens with one attached hydrogen (secondary N) is 1. The van der Waals surface area contributed by atoms with E-state index in [0.717, 1.165) is 0 Å². The lowest BCUT2D eigenvalue weighted by Crippen LogP contribution is -2.40. The highest BCUT2D eigenvalue weighted by molar-refractivity contribution is 6.30. The van der Waals surface area contributed by atoms with Crippen molar-refractivity contribution in [1.29, 1.82) is 0 Å². The van der Waals surface area contributed by atoms with Crippen LogP contribution in [0, 0.1) is 0 Å². The molecule has 0 saturated carbocycles. The quantitative estimate of drug-likeness (QED) is 0.844. The number of aliphatic hydroxyl groups is 1. The molecule has 0 aliphatic carbocycles. The maximum Gasteiger partial charge on any atom is 0.270 e. The van der Waals surface area contributed by atoms with E-state index in [9.17, 15) is 9.90 Å². The highest BCUT2D eigenvalue weighted by Gasteiger charge is 2.19. The lowest BCUT2D eigenvalue weighted by Gasteiger charge is -2.21. The van der Waals surface area contributed by atoms with E-state index >= 15 is 0 Å². The molecule has 16 heavy (non-hydrogen) atoms. The van der Waals surface area contributed by atoms with Crippen molar-refractivity contribution in [3.05, 3.63) is 29.0 Å². The third-order valence-electron chi connectivity index (χ3n) is 2.35. The lowest BCUT2D eigenvalue weighted by atomic mass is 10.0. The fraction of sp³-hybridized carbons (Fsp3) is 0.455. The number of pyridine rings is 1. The van der Waals surface area contributed by atoms with Gasteiger partial charge < -0.3 is 10.4 Å². The normalized spacial score (nSPS) is 14.2. The molecule has 0 bridgehead atoms. The number of halogens is 1. The van der Waals surface area contributed by atoms with E-state index in [1.807, 2.05) is 6.92 Å². The molecule has 0 aliphatic rings. The van der Waals surface area contributed by atoms with Crippen LogP contribution in [0.25, 0.3) is 0 Å². The molecule has 1 aromatic heterocycles. The molecule has 1 aromatic rings. The average Bonchev–Trinajstić information content (AvgIpc) is 2.26. The molecule has 4 nitrogen and oxygen atoms in total. The van der Waals surface area contributed by atoms with E-state index < -0.39 is 5.60 Å². The number of carbonyl (C=O) groups excluding carboxylic acids is 1. The highest BCUT2D eigenvalue weighted by Crippen LogP contribution is 2.09. The van der Waals surface area contributed by atoms with Gasteiger partial charge in [0.1, 0.15) is 5.69 Å². The summed E-state index contributed by atoms with van der Waals surface area (Å²) in [5.74, 6) is -0.337. The molecule has 0 fully saturated rings. The molecule has 2 N–H and O–H groups in total. The molecule has 0 saturated heterocycles. The third-order valence-corrected chi connectivity index (χ3v) is 2.58. The topological polar surface area (TPSA) is 62.2 Å². The Morgan fingerprint density at radius 1 is 1.69 bits per heavy atom. The second-order valence-corrected chi connectivity index (χ2v) is 4.33. The van der Waals surface area contributed by atoms with Crippen molar-refractivity contribution in [3.8, 4) is 0 Å². The van der Waals surface area contributed by atoms with Crippen LogP contribution in [0.1, 0.15) is 30.8 Å². The van der Waals surface area contributed by atoms with Crippen molar-refractivity contribution in [1.82, 2.24) is 10.3 Å². The molecule has 1 amide bonds. The Morgan fingerprint density at radius 3 is 2.94 bits per heavy atom. The predicted molar refractivity (Wildman–Crippen MR) is 62.5 cm³/mol. The molecule has 5 heteroatoms. The first kappa shape index (κ1) is 12.9. The van der Waals surface area contributed by atoms with E-state index in [-0.39, 0.29) is 18.1 Å². The van der Waals surface area contributed by atoms with Gasteiger partial charge in [0, 0.05) is 17.8 Å². The van der Waals surface area contributed by atoms with Crippen molar-refractivity contribution in [2.24, 2.45) is 0 Å². The summed E-state index contributed by atoms with van der Waals surface area (Å²) in [5, 5.41) is 12.8. The van der Waals surface area contributed by atoms with E-state index in [4.69, 9.17) is 11.6 Å². The third kappa shape index (κ3) is 3.79. The zero-order valence-corrected chi connectivity index (χ0v) is 10.1. The van der Waals surface area contributed by atoms with Crippen molar-refractivity contribution >= 4 is 17.5 Å². The van der Waals surface area contributed by atoms with E-state index in [0.29, 0.717) is 11.4 Å². The van der Waals surface area contributed by atoms with Gasteiger partial charge in [-0.3, -0.25) is 9.78 Å². The number of rotatable bonds is 4. The number of nitrogens with zero attached hydrogens (tertiary/aromatic N) is 1.